The van der Waals surface area contributed by atoms with E-state index in [-0.39, 0.29) is 12.0 Å². The van der Waals surface area contributed by atoms with Gasteiger partial charge < -0.3 is 5.11 Å². The molecule has 0 unspecified atom stereocenters. The van der Waals surface area contributed by atoms with Gasteiger partial charge in [-0.25, -0.2) is 9.78 Å². The van der Waals surface area contributed by atoms with Gasteiger partial charge in [-0.3, -0.25) is 4.79 Å². The quantitative estimate of drug-likeness (QED) is 0.0573. The average molecular weight is 623 g/mol. The predicted octanol–water partition coefficient (Wildman–Crippen LogP) is 13.8. The van der Waals surface area contributed by atoms with Crippen LogP contribution in [0.1, 0.15) is 239 Å². The molecule has 1 heterocycles. The predicted molar refractivity (Wildman–Crippen MR) is 189 cm³/mol. The number of rotatable bonds is 34. The van der Waals surface area contributed by atoms with Gasteiger partial charge >= 0.3 is 5.97 Å². The van der Waals surface area contributed by atoms with Gasteiger partial charge in [-0.05, 0) is 19.8 Å². The Bertz CT molecular complexity index is 601. The van der Waals surface area contributed by atoms with E-state index in [4.69, 9.17) is 9.78 Å². The highest BCUT2D eigenvalue weighted by Crippen LogP contribution is 2.44. The third-order valence-electron chi connectivity index (χ3n) is 10.1. The van der Waals surface area contributed by atoms with Crippen molar-refractivity contribution in [2.45, 2.75) is 250 Å². The van der Waals surface area contributed by atoms with E-state index in [9.17, 15) is 9.90 Å². The summed E-state index contributed by atoms with van der Waals surface area (Å²) in [5.41, 5.74) is -0.992. The van der Waals surface area contributed by atoms with Crippen molar-refractivity contribution in [2.75, 3.05) is 0 Å². The maximum atomic E-state index is 11.5. The summed E-state index contributed by atoms with van der Waals surface area (Å²) in [6.07, 6.45) is 43.8. The fourth-order valence-electron chi connectivity index (χ4n) is 7.36. The van der Waals surface area contributed by atoms with E-state index in [1.807, 2.05) is 6.92 Å². The highest BCUT2D eigenvalue weighted by atomic mass is 17.2. The van der Waals surface area contributed by atoms with Gasteiger partial charge in [0.05, 0.1) is 6.42 Å². The molecule has 1 atom stereocenters. The van der Waals surface area contributed by atoms with Crippen LogP contribution in [0, 0.1) is 0 Å². The van der Waals surface area contributed by atoms with Crippen LogP contribution in [0.2, 0.25) is 0 Å². The van der Waals surface area contributed by atoms with E-state index in [2.05, 4.69) is 13.8 Å². The van der Waals surface area contributed by atoms with E-state index in [0.717, 1.165) is 25.7 Å². The Morgan fingerprint density at radius 1 is 0.477 bits per heavy atom. The number of carboxylic acid groups (broad SMARTS) is 1. The molecule has 0 aromatic rings. The van der Waals surface area contributed by atoms with Gasteiger partial charge in [-0.15, -0.1) is 0 Å². The molecule has 0 amide bonds. The number of hydrogen-bond donors (Lipinski definition) is 1. The lowest BCUT2D eigenvalue weighted by atomic mass is 9.80. The van der Waals surface area contributed by atoms with Crippen molar-refractivity contribution >= 4 is 5.97 Å². The molecule has 0 saturated carbocycles. The monoisotopic (exact) mass is 623 g/mol. The molecular weight excluding hydrogens is 544 g/mol. The highest BCUT2D eigenvalue weighted by molar-refractivity contribution is 5.68. The van der Waals surface area contributed by atoms with E-state index in [1.165, 1.54) is 180 Å². The first-order valence-electron chi connectivity index (χ1n) is 20.0. The molecule has 0 spiro atoms. The first kappa shape index (κ1) is 41.4. The largest absolute Gasteiger partial charge is 0.481 e. The van der Waals surface area contributed by atoms with Crippen LogP contribution < -0.4 is 0 Å². The second kappa shape index (κ2) is 28.6. The summed E-state index contributed by atoms with van der Waals surface area (Å²) in [5, 5.41) is 9.41. The van der Waals surface area contributed by atoms with Gasteiger partial charge in [0, 0.05) is 6.42 Å². The van der Waals surface area contributed by atoms with E-state index in [1.54, 1.807) is 0 Å². The summed E-state index contributed by atoms with van der Waals surface area (Å²) in [6, 6.07) is 0. The molecule has 0 bridgehead atoms. The molecule has 4 heteroatoms. The summed E-state index contributed by atoms with van der Waals surface area (Å²) in [4.78, 5) is 23.2. The van der Waals surface area contributed by atoms with Gasteiger partial charge in [-0.1, -0.05) is 206 Å². The van der Waals surface area contributed by atoms with Gasteiger partial charge in [0.25, 0.3) is 0 Å². The van der Waals surface area contributed by atoms with E-state index in [0.29, 0.717) is 6.42 Å². The minimum absolute atomic E-state index is 0.0203. The average Bonchev–Trinajstić information content (AvgIpc) is 3.32. The number of carbonyl (C=O) groups is 1. The number of hydrogen-bond acceptors (Lipinski definition) is 3. The Morgan fingerprint density at radius 2 is 0.750 bits per heavy atom. The molecule has 0 radical (unpaired) electrons. The van der Waals surface area contributed by atoms with Gasteiger partial charge in [-0.2, -0.15) is 0 Å². The Hall–Kier alpha value is -0.610. The Morgan fingerprint density at radius 3 is 1.02 bits per heavy atom. The lowest BCUT2D eigenvalue weighted by molar-refractivity contribution is -0.349. The van der Waals surface area contributed by atoms with Crippen molar-refractivity contribution in [3.8, 4) is 0 Å². The molecule has 1 rings (SSSR count). The molecule has 1 aliphatic heterocycles. The molecule has 1 saturated heterocycles. The first-order valence-corrected chi connectivity index (χ1v) is 20.0. The van der Waals surface area contributed by atoms with Gasteiger partial charge in [0.2, 0.25) is 0 Å². The zero-order chi connectivity index (χ0) is 32.0. The Balaban J connectivity index is 2.13. The second-order valence-electron chi connectivity index (χ2n) is 14.9. The Kier molecular flexibility index (Phi) is 26.9. The fraction of sp³-hybridized carbons (Fsp3) is 0.975. The summed E-state index contributed by atoms with van der Waals surface area (Å²) in [6.45, 7) is 6.50. The third kappa shape index (κ3) is 23.7. The molecule has 0 aliphatic carbocycles. The summed E-state index contributed by atoms with van der Waals surface area (Å²) >= 11 is 0. The lowest BCUT2D eigenvalue weighted by Gasteiger charge is -2.27. The van der Waals surface area contributed by atoms with E-state index >= 15 is 0 Å². The normalized spacial score (nSPS) is 17.9. The highest BCUT2D eigenvalue weighted by Gasteiger charge is 2.49. The zero-order valence-electron chi connectivity index (χ0n) is 30.2. The molecule has 0 aromatic carbocycles. The molecule has 0 aromatic heterocycles. The second-order valence-corrected chi connectivity index (χ2v) is 14.9. The van der Waals surface area contributed by atoms with Crippen LogP contribution in [0.15, 0.2) is 0 Å². The first-order chi connectivity index (χ1) is 21.5. The fourth-order valence-corrected chi connectivity index (χ4v) is 7.36. The molecule has 44 heavy (non-hydrogen) atoms. The standard InChI is InChI=1S/C40H78O4/c1-4-6-8-10-12-14-16-18-20-22-24-26-28-30-32-34-40(37-39(3,43-44-40)36-38(41)42)35-33-31-29-27-25-23-21-19-17-15-13-11-9-7-5-2/h4-37H2,1-3H3,(H,41,42)/t39-/m0/s1. The van der Waals surface area contributed by atoms with Crippen LogP contribution in [0.3, 0.4) is 0 Å². The SMILES string of the molecule is CCCCCCCCCCCCCCCCCC1(CCCCCCCCCCCCCCCCC)C[C@](C)(CC(=O)O)OO1. The van der Waals surface area contributed by atoms with Crippen LogP contribution >= 0.6 is 0 Å². The topological polar surface area (TPSA) is 55.8 Å². The molecular formula is C40H78O4. The summed E-state index contributed by atoms with van der Waals surface area (Å²) < 4.78 is 0. The molecule has 262 valence electrons. The molecule has 1 aliphatic rings. The van der Waals surface area contributed by atoms with Crippen molar-refractivity contribution in [1.29, 1.82) is 0 Å². The number of unbranched alkanes of at least 4 members (excludes halogenated alkanes) is 28. The lowest BCUT2D eigenvalue weighted by Crippen LogP contribution is -2.32. The van der Waals surface area contributed by atoms with Crippen LogP contribution in [-0.4, -0.2) is 22.3 Å². The van der Waals surface area contributed by atoms with Gasteiger partial charge in [0.15, 0.2) is 0 Å². The Labute approximate surface area is 275 Å². The molecule has 1 fully saturated rings. The molecule has 4 nitrogen and oxygen atoms in total. The molecule has 1 N–H and O–H groups in total. The van der Waals surface area contributed by atoms with Gasteiger partial charge in [0.1, 0.15) is 11.2 Å². The van der Waals surface area contributed by atoms with Crippen molar-refractivity contribution in [3.05, 3.63) is 0 Å². The minimum Gasteiger partial charge on any atom is -0.481 e. The maximum absolute atomic E-state index is 11.5. The van der Waals surface area contributed by atoms with Crippen LogP contribution in [0.25, 0.3) is 0 Å². The van der Waals surface area contributed by atoms with Crippen LogP contribution in [0.4, 0.5) is 0 Å². The van der Waals surface area contributed by atoms with Crippen LogP contribution in [0.5, 0.6) is 0 Å². The summed E-state index contributed by atoms with van der Waals surface area (Å²) in [7, 11) is 0. The smallest absolute Gasteiger partial charge is 0.306 e. The third-order valence-corrected chi connectivity index (χ3v) is 10.1. The van der Waals surface area contributed by atoms with Crippen molar-refractivity contribution in [3.63, 3.8) is 0 Å². The number of carboxylic acids is 1. The zero-order valence-corrected chi connectivity index (χ0v) is 30.2. The van der Waals surface area contributed by atoms with Crippen molar-refractivity contribution in [1.82, 2.24) is 0 Å². The van der Waals surface area contributed by atoms with Crippen molar-refractivity contribution in [2.24, 2.45) is 0 Å². The summed E-state index contributed by atoms with van der Waals surface area (Å²) in [5.74, 6) is -0.800. The maximum Gasteiger partial charge on any atom is 0.306 e. The number of aliphatic carboxylic acids is 1. The van der Waals surface area contributed by atoms with Crippen LogP contribution in [-0.2, 0) is 14.6 Å². The van der Waals surface area contributed by atoms with Crippen molar-refractivity contribution < 1.29 is 19.7 Å². The minimum atomic E-state index is -0.800. The van der Waals surface area contributed by atoms with E-state index < -0.39 is 11.6 Å².